The van der Waals surface area contributed by atoms with Crippen molar-refractivity contribution in [3.8, 4) is 0 Å². The number of hydrogen-bond acceptors (Lipinski definition) is 3. The molecule has 0 aliphatic rings. The van der Waals surface area contributed by atoms with Crippen LogP contribution in [-0.2, 0) is 4.79 Å². The minimum Gasteiger partial charge on any atom is -0.394 e. The van der Waals surface area contributed by atoms with Crippen LogP contribution in [-0.4, -0.2) is 34.9 Å². The Morgan fingerprint density at radius 1 is 0.480 bits per heavy atom. The number of carbonyl (C=O) groups is 1. The molecule has 50 heavy (non-hydrogen) atoms. The number of unbranched alkanes of at least 4 members (excludes halogenated alkanes) is 29. The van der Waals surface area contributed by atoms with Gasteiger partial charge in [0.1, 0.15) is 0 Å². The van der Waals surface area contributed by atoms with Gasteiger partial charge in [-0.25, -0.2) is 0 Å². The molecule has 0 fully saturated rings. The quantitative estimate of drug-likeness (QED) is 0.0440. The van der Waals surface area contributed by atoms with Crippen molar-refractivity contribution in [2.75, 3.05) is 6.61 Å². The Kier molecular flexibility index (Phi) is 40.9. The van der Waals surface area contributed by atoms with Gasteiger partial charge in [-0.3, -0.25) is 4.79 Å². The minimum absolute atomic E-state index is 0.0737. The maximum Gasteiger partial charge on any atom is 0.220 e. The molecule has 294 valence electrons. The summed E-state index contributed by atoms with van der Waals surface area (Å²) in [5, 5.41) is 22.4. The van der Waals surface area contributed by atoms with Crippen molar-refractivity contribution >= 4 is 5.91 Å². The Labute approximate surface area is 312 Å². The molecule has 0 aliphatic heterocycles. The van der Waals surface area contributed by atoms with E-state index in [1.807, 2.05) is 6.08 Å². The van der Waals surface area contributed by atoms with Crippen molar-refractivity contribution < 1.29 is 15.0 Å². The largest absolute Gasteiger partial charge is 0.394 e. The van der Waals surface area contributed by atoms with Gasteiger partial charge in [-0.15, -0.1) is 0 Å². The molecule has 4 nitrogen and oxygen atoms in total. The third-order valence-corrected chi connectivity index (χ3v) is 10.1. The summed E-state index contributed by atoms with van der Waals surface area (Å²) in [4.78, 5) is 12.2. The molecule has 0 aromatic heterocycles. The molecule has 2 atom stereocenters. The van der Waals surface area contributed by atoms with Crippen LogP contribution in [0.15, 0.2) is 36.5 Å². The second kappa shape index (κ2) is 42.0. The molecule has 3 N–H and O–H groups in total. The molecule has 0 aromatic rings. The highest BCUT2D eigenvalue weighted by Gasteiger charge is 2.17. The monoisotopic (exact) mass is 702 g/mol. The summed E-state index contributed by atoms with van der Waals surface area (Å²) in [7, 11) is 0. The van der Waals surface area contributed by atoms with E-state index in [-0.39, 0.29) is 12.5 Å². The summed E-state index contributed by atoms with van der Waals surface area (Å²) in [5.41, 5.74) is 0. The van der Waals surface area contributed by atoms with Gasteiger partial charge in [-0.1, -0.05) is 217 Å². The third-order valence-electron chi connectivity index (χ3n) is 10.1. The van der Waals surface area contributed by atoms with Gasteiger partial charge < -0.3 is 15.5 Å². The SMILES string of the molecule is CCC/C=C/C(O)C(CO)NC(=O)CCCCCCCCCCCCCCCCCCCCCCCCC/C=C\C/C=C\CCCCCCC. The fourth-order valence-corrected chi connectivity index (χ4v) is 6.69. The van der Waals surface area contributed by atoms with Crippen LogP contribution in [0, 0.1) is 0 Å². The molecule has 2 unspecified atom stereocenters. The number of aliphatic hydroxyl groups excluding tert-OH is 2. The van der Waals surface area contributed by atoms with E-state index in [0.717, 1.165) is 32.1 Å². The van der Waals surface area contributed by atoms with Gasteiger partial charge in [-0.2, -0.15) is 0 Å². The van der Waals surface area contributed by atoms with E-state index in [4.69, 9.17) is 0 Å². The highest BCUT2D eigenvalue weighted by molar-refractivity contribution is 5.76. The molecule has 0 aliphatic carbocycles. The zero-order valence-corrected chi connectivity index (χ0v) is 33.7. The van der Waals surface area contributed by atoms with Gasteiger partial charge in [0.15, 0.2) is 0 Å². The summed E-state index contributed by atoms with van der Waals surface area (Å²) in [6.07, 6.45) is 56.4. The average molecular weight is 702 g/mol. The highest BCUT2D eigenvalue weighted by atomic mass is 16.3. The Morgan fingerprint density at radius 2 is 0.860 bits per heavy atom. The van der Waals surface area contributed by atoms with Gasteiger partial charge in [0, 0.05) is 6.42 Å². The first-order valence-electron chi connectivity index (χ1n) is 22.2. The fraction of sp³-hybridized carbons (Fsp3) is 0.848. The molecule has 0 saturated carbocycles. The summed E-state index contributed by atoms with van der Waals surface area (Å²) in [6.45, 7) is 4.11. The number of amides is 1. The molecular weight excluding hydrogens is 615 g/mol. The van der Waals surface area contributed by atoms with E-state index in [2.05, 4.69) is 43.5 Å². The standard InChI is InChI=1S/C46H87NO3/c1-3-5-7-8-9-10-11-12-13-14-15-16-17-18-19-20-21-22-23-24-25-26-27-28-29-30-31-32-33-34-35-36-37-38-40-42-46(50)47-44(43-48)45(49)41-39-6-4-2/h11-12,14-15,39,41,44-45,48-49H,3-10,13,16-38,40,42-43H2,1-2H3,(H,47,50)/b12-11-,15-14-,41-39+. The average Bonchev–Trinajstić information content (AvgIpc) is 3.12. The van der Waals surface area contributed by atoms with Crippen LogP contribution in [0.1, 0.15) is 232 Å². The molecule has 0 bridgehead atoms. The van der Waals surface area contributed by atoms with Crippen LogP contribution in [0.5, 0.6) is 0 Å². The van der Waals surface area contributed by atoms with Crippen molar-refractivity contribution in [1.29, 1.82) is 0 Å². The molecule has 0 rings (SSSR count). The number of rotatable bonds is 40. The van der Waals surface area contributed by atoms with Crippen LogP contribution < -0.4 is 5.32 Å². The smallest absolute Gasteiger partial charge is 0.220 e. The molecule has 1 amide bonds. The summed E-state index contributed by atoms with van der Waals surface area (Å²) in [5.74, 6) is -0.0737. The molecule has 0 spiro atoms. The zero-order valence-electron chi connectivity index (χ0n) is 33.7. The molecule has 0 saturated heterocycles. The van der Waals surface area contributed by atoms with Crippen LogP contribution in [0.2, 0.25) is 0 Å². The van der Waals surface area contributed by atoms with Gasteiger partial charge in [-0.05, 0) is 44.9 Å². The fourth-order valence-electron chi connectivity index (χ4n) is 6.69. The van der Waals surface area contributed by atoms with E-state index in [1.54, 1.807) is 6.08 Å². The van der Waals surface area contributed by atoms with Gasteiger partial charge in [0.25, 0.3) is 0 Å². The first-order chi connectivity index (χ1) is 24.7. The lowest BCUT2D eigenvalue weighted by molar-refractivity contribution is -0.123. The van der Waals surface area contributed by atoms with Crippen LogP contribution in [0.4, 0.5) is 0 Å². The molecule has 0 heterocycles. The van der Waals surface area contributed by atoms with Crippen LogP contribution >= 0.6 is 0 Å². The van der Waals surface area contributed by atoms with E-state index in [0.29, 0.717) is 6.42 Å². The third kappa shape index (κ3) is 37.9. The van der Waals surface area contributed by atoms with Gasteiger partial charge in [0.05, 0.1) is 18.8 Å². The number of carbonyl (C=O) groups excluding carboxylic acids is 1. The first kappa shape index (κ1) is 48.6. The first-order valence-corrected chi connectivity index (χ1v) is 22.2. The number of nitrogens with one attached hydrogen (secondary N) is 1. The maximum absolute atomic E-state index is 12.2. The predicted molar refractivity (Wildman–Crippen MR) is 221 cm³/mol. The summed E-state index contributed by atoms with van der Waals surface area (Å²) >= 11 is 0. The topological polar surface area (TPSA) is 69.6 Å². The van der Waals surface area contributed by atoms with Crippen molar-refractivity contribution in [3.05, 3.63) is 36.5 Å². The number of hydrogen-bond donors (Lipinski definition) is 3. The van der Waals surface area contributed by atoms with E-state index >= 15 is 0 Å². The van der Waals surface area contributed by atoms with Crippen LogP contribution in [0.25, 0.3) is 0 Å². The van der Waals surface area contributed by atoms with Gasteiger partial charge >= 0.3 is 0 Å². The Morgan fingerprint density at radius 3 is 1.24 bits per heavy atom. The van der Waals surface area contributed by atoms with E-state index in [1.165, 1.54) is 180 Å². The number of aliphatic hydroxyl groups is 2. The second-order valence-electron chi connectivity index (χ2n) is 15.1. The molecule has 0 aromatic carbocycles. The second-order valence-corrected chi connectivity index (χ2v) is 15.1. The lowest BCUT2D eigenvalue weighted by Gasteiger charge is -2.19. The van der Waals surface area contributed by atoms with E-state index < -0.39 is 12.1 Å². The summed E-state index contributed by atoms with van der Waals surface area (Å²) in [6, 6.07) is -0.614. The number of allylic oxidation sites excluding steroid dienone is 5. The van der Waals surface area contributed by atoms with Crippen molar-refractivity contribution in [2.24, 2.45) is 0 Å². The van der Waals surface area contributed by atoms with Crippen molar-refractivity contribution in [3.63, 3.8) is 0 Å². The Bertz CT molecular complexity index is 760. The molecular formula is C46H87NO3. The Hall–Kier alpha value is -1.39. The molecule has 0 radical (unpaired) electrons. The summed E-state index contributed by atoms with van der Waals surface area (Å²) < 4.78 is 0. The van der Waals surface area contributed by atoms with Gasteiger partial charge in [0.2, 0.25) is 5.91 Å². The predicted octanol–water partition coefficient (Wildman–Crippen LogP) is 13.8. The highest BCUT2D eigenvalue weighted by Crippen LogP contribution is 2.16. The van der Waals surface area contributed by atoms with Crippen molar-refractivity contribution in [2.45, 2.75) is 244 Å². The van der Waals surface area contributed by atoms with Crippen molar-refractivity contribution in [1.82, 2.24) is 5.32 Å². The normalized spacial score (nSPS) is 13.3. The Balaban J connectivity index is 3.29. The van der Waals surface area contributed by atoms with Crippen LogP contribution in [0.3, 0.4) is 0 Å². The van der Waals surface area contributed by atoms with E-state index in [9.17, 15) is 15.0 Å². The lowest BCUT2D eigenvalue weighted by atomic mass is 10.0. The minimum atomic E-state index is -0.832. The zero-order chi connectivity index (χ0) is 36.4. The maximum atomic E-state index is 12.2. The lowest BCUT2D eigenvalue weighted by Crippen LogP contribution is -2.45. The molecule has 4 heteroatoms.